The Balaban J connectivity index is 3.28. The van der Waals surface area contributed by atoms with E-state index in [1.807, 2.05) is 0 Å². The number of carbonyl (C=O) groups is 1. The SMILES string of the molecule is CCCS(=O)(=O)c1ccc(C)c(C(=O)O)c1. The summed E-state index contributed by atoms with van der Waals surface area (Å²) in [6.07, 6.45) is 0.513. The van der Waals surface area contributed by atoms with E-state index in [2.05, 4.69) is 0 Å². The summed E-state index contributed by atoms with van der Waals surface area (Å²) >= 11 is 0. The molecule has 1 rings (SSSR count). The van der Waals surface area contributed by atoms with Crippen molar-refractivity contribution in [3.63, 3.8) is 0 Å². The van der Waals surface area contributed by atoms with E-state index in [0.29, 0.717) is 12.0 Å². The lowest BCUT2D eigenvalue weighted by Crippen LogP contribution is -2.08. The summed E-state index contributed by atoms with van der Waals surface area (Å²) in [5.41, 5.74) is 0.597. The highest BCUT2D eigenvalue weighted by Gasteiger charge is 2.16. The van der Waals surface area contributed by atoms with Crippen molar-refractivity contribution in [2.45, 2.75) is 25.2 Å². The van der Waals surface area contributed by atoms with Gasteiger partial charge in [-0.15, -0.1) is 0 Å². The summed E-state index contributed by atoms with van der Waals surface area (Å²) in [5, 5.41) is 8.89. The number of carboxylic acid groups (broad SMARTS) is 1. The molecule has 0 aliphatic heterocycles. The van der Waals surface area contributed by atoms with Crippen molar-refractivity contribution in [2.75, 3.05) is 5.75 Å². The molecule has 0 fully saturated rings. The quantitative estimate of drug-likeness (QED) is 0.875. The Morgan fingerprint density at radius 1 is 1.38 bits per heavy atom. The van der Waals surface area contributed by atoms with E-state index in [-0.39, 0.29) is 16.2 Å². The monoisotopic (exact) mass is 242 g/mol. The number of hydrogen-bond donors (Lipinski definition) is 1. The molecule has 0 heterocycles. The summed E-state index contributed by atoms with van der Waals surface area (Å²) in [5.74, 6) is -1.07. The molecule has 1 N–H and O–H groups in total. The molecule has 0 bridgehead atoms. The lowest BCUT2D eigenvalue weighted by atomic mass is 10.1. The molecule has 0 aliphatic carbocycles. The van der Waals surface area contributed by atoms with Gasteiger partial charge in [0.05, 0.1) is 16.2 Å². The summed E-state index contributed by atoms with van der Waals surface area (Å²) < 4.78 is 23.5. The van der Waals surface area contributed by atoms with Crippen molar-refractivity contribution in [3.05, 3.63) is 29.3 Å². The molecule has 0 amide bonds. The minimum absolute atomic E-state index is 0.0368. The minimum atomic E-state index is -3.35. The Bertz CT molecular complexity index is 503. The topological polar surface area (TPSA) is 71.4 Å². The van der Waals surface area contributed by atoms with Crippen LogP contribution in [0.3, 0.4) is 0 Å². The molecule has 0 saturated carbocycles. The highest BCUT2D eigenvalue weighted by molar-refractivity contribution is 7.91. The first-order chi connectivity index (χ1) is 7.38. The molecular weight excluding hydrogens is 228 g/mol. The standard InChI is InChI=1S/C11H14O4S/c1-3-6-16(14,15)9-5-4-8(2)10(7-9)11(12)13/h4-5,7H,3,6H2,1-2H3,(H,12,13). The van der Waals surface area contributed by atoms with Crippen molar-refractivity contribution < 1.29 is 18.3 Å². The summed E-state index contributed by atoms with van der Waals surface area (Å²) in [6, 6.07) is 4.20. The zero-order chi connectivity index (χ0) is 12.3. The molecule has 0 saturated heterocycles. The molecule has 0 radical (unpaired) electrons. The van der Waals surface area contributed by atoms with Crippen LogP contribution in [0.5, 0.6) is 0 Å². The van der Waals surface area contributed by atoms with Gasteiger partial charge in [0.25, 0.3) is 0 Å². The lowest BCUT2D eigenvalue weighted by Gasteiger charge is -2.06. The van der Waals surface area contributed by atoms with Crippen LogP contribution in [0.4, 0.5) is 0 Å². The zero-order valence-electron chi connectivity index (χ0n) is 9.23. The molecule has 16 heavy (non-hydrogen) atoms. The number of hydrogen-bond acceptors (Lipinski definition) is 3. The van der Waals surface area contributed by atoms with Crippen LogP contribution < -0.4 is 0 Å². The Kier molecular flexibility index (Phi) is 3.70. The number of aryl methyl sites for hydroxylation is 1. The van der Waals surface area contributed by atoms with E-state index in [9.17, 15) is 13.2 Å². The van der Waals surface area contributed by atoms with Gasteiger partial charge in [0.1, 0.15) is 0 Å². The van der Waals surface area contributed by atoms with E-state index in [1.54, 1.807) is 13.8 Å². The first-order valence-electron chi connectivity index (χ1n) is 4.95. The third-order valence-electron chi connectivity index (χ3n) is 2.27. The van der Waals surface area contributed by atoms with Crippen LogP contribution in [0.2, 0.25) is 0 Å². The Labute approximate surface area is 94.8 Å². The summed E-state index contributed by atoms with van der Waals surface area (Å²) in [4.78, 5) is 10.9. The van der Waals surface area contributed by atoms with Crippen LogP contribution in [0.1, 0.15) is 29.3 Å². The third-order valence-corrected chi connectivity index (χ3v) is 4.19. The van der Waals surface area contributed by atoms with Gasteiger partial charge >= 0.3 is 5.97 Å². The van der Waals surface area contributed by atoms with E-state index < -0.39 is 15.8 Å². The molecule has 0 aromatic heterocycles. The fourth-order valence-electron chi connectivity index (χ4n) is 1.41. The normalized spacial score (nSPS) is 11.4. The first-order valence-corrected chi connectivity index (χ1v) is 6.60. The molecule has 0 atom stereocenters. The maximum absolute atomic E-state index is 11.7. The van der Waals surface area contributed by atoms with Gasteiger partial charge in [-0.05, 0) is 31.0 Å². The van der Waals surface area contributed by atoms with Crippen LogP contribution in [-0.4, -0.2) is 25.2 Å². The number of aromatic carboxylic acids is 1. The lowest BCUT2D eigenvalue weighted by molar-refractivity contribution is 0.0696. The third kappa shape index (κ3) is 2.61. The van der Waals surface area contributed by atoms with Crippen LogP contribution in [-0.2, 0) is 9.84 Å². The van der Waals surface area contributed by atoms with Crippen LogP contribution >= 0.6 is 0 Å². The van der Waals surface area contributed by atoms with Gasteiger partial charge in [-0.25, -0.2) is 13.2 Å². The first kappa shape index (κ1) is 12.7. The van der Waals surface area contributed by atoms with Gasteiger partial charge in [-0.3, -0.25) is 0 Å². The number of benzene rings is 1. The Morgan fingerprint density at radius 3 is 2.50 bits per heavy atom. The predicted octanol–water partition coefficient (Wildman–Crippen LogP) is 1.88. The van der Waals surface area contributed by atoms with Crippen molar-refractivity contribution in [3.8, 4) is 0 Å². The minimum Gasteiger partial charge on any atom is -0.478 e. The second kappa shape index (κ2) is 4.65. The van der Waals surface area contributed by atoms with Gasteiger partial charge in [-0.2, -0.15) is 0 Å². The molecule has 5 heteroatoms. The van der Waals surface area contributed by atoms with E-state index in [4.69, 9.17) is 5.11 Å². The molecule has 88 valence electrons. The van der Waals surface area contributed by atoms with Crippen LogP contribution in [0.25, 0.3) is 0 Å². The zero-order valence-corrected chi connectivity index (χ0v) is 10.0. The van der Waals surface area contributed by atoms with Crippen molar-refractivity contribution in [1.29, 1.82) is 0 Å². The molecule has 1 aromatic rings. The van der Waals surface area contributed by atoms with Gasteiger partial charge in [0, 0.05) is 0 Å². The van der Waals surface area contributed by atoms with Crippen molar-refractivity contribution in [1.82, 2.24) is 0 Å². The van der Waals surface area contributed by atoms with E-state index in [0.717, 1.165) is 0 Å². The van der Waals surface area contributed by atoms with E-state index >= 15 is 0 Å². The Morgan fingerprint density at radius 2 is 2.00 bits per heavy atom. The van der Waals surface area contributed by atoms with Crippen LogP contribution in [0.15, 0.2) is 23.1 Å². The maximum atomic E-state index is 11.7. The fraction of sp³-hybridized carbons (Fsp3) is 0.364. The highest BCUT2D eigenvalue weighted by Crippen LogP contribution is 2.17. The van der Waals surface area contributed by atoms with E-state index in [1.165, 1.54) is 18.2 Å². The molecular formula is C11H14O4S. The molecule has 1 aromatic carbocycles. The van der Waals surface area contributed by atoms with Gasteiger partial charge in [0.2, 0.25) is 0 Å². The van der Waals surface area contributed by atoms with Crippen LogP contribution in [0, 0.1) is 6.92 Å². The van der Waals surface area contributed by atoms with Gasteiger partial charge < -0.3 is 5.11 Å². The molecule has 0 unspecified atom stereocenters. The summed E-state index contributed by atoms with van der Waals surface area (Å²) in [6.45, 7) is 3.41. The second-order valence-corrected chi connectivity index (χ2v) is 5.71. The second-order valence-electron chi connectivity index (χ2n) is 3.60. The number of rotatable bonds is 4. The van der Waals surface area contributed by atoms with Crippen molar-refractivity contribution in [2.24, 2.45) is 0 Å². The average molecular weight is 242 g/mol. The Hall–Kier alpha value is -1.36. The maximum Gasteiger partial charge on any atom is 0.335 e. The molecule has 0 aliphatic rings. The largest absolute Gasteiger partial charge is 0.478 e. The molecule has 4 nitrogen and oxygen atoms in total. The number of sulfone groups is 1. The smallest absolute Gasteiger partial charge is 0.335 e. The predicted molar refractivity (Wildman–Crippen MR) is 60.5 cm³/mol. The fourth-order valence-corrected chi connectivity index (χ4v) is 2.76. The van der Waals surface area contributed by atoms with Crippen molar-refractivity contribution >= 4 is 15.8 Å². The van der Waals surface area contributed by atoms with Gasteiger partial charge in [0.15, 0.2) is 9.84 Å². The highest BCUT2D eigenvalue weighted by atomic mass is 32.2. The number of carboxylic acids is 1. The molecule has 0 spiro atoms. The average Bonchev–Trinajstić information content (AvgIpc) is 2.17. The summed E-state index contributed by atoms with van der Waals surface area (Å²) in [7, 11) is -3.35. The van der Waals surface area contributed by atoms with Gasteiger partial charge in [-0.1, -0.05) is 13.0 Å².